The molecule has 0 aliphatic heterocycles. The van der Waals surface area contributed by atoms with Gasteiger partial charge in [0.15, 0.2) is 0 Å². The van der Waals surface area contributed by atoms with Crippen molar-refractivity contribution in [3.05, 3.63) is 78.1 Å². The summed E-state index contributed by atoms with van der Waals surface area (Å²) in [5.74, 6) is 1.29. The zero-order chi connectivity index (χ0) is 17.9. The summed E-state index contributed by atoms with van der Waals surface area (Å²) in [6.45, 7) is 4.02. The molecule has 0 fully saturated rings. The number of para-hydroxylation sites is 1. The van der Waals surface area contributed by atoms with E-state index in [2.05, 4.69) is 44.6 Å². The van der Waals surface area contributed by atoms with E-state index in [1.165, 1.54) is 5.56 Å². The minimum atomic E-state index is 0.540. The summed E-state index contributed by atoms with van der Waals surface area (Å²) in [7, 11) is 0. The second-order valence-electron chi connectivity index (χ2n) is 6.22. The Kier molecular flexibility index (Phi) is 4.19. The van der Waals surface area contributed by atoms with Crippen LogP contribution in [0.1, 0.15) is 11.3 Å². The summed E-state index contributed by atoms with van der Waals surface area (Å²) in [5.41, 5.74) is 4.86. The van der Waals surface area contributed by atoms with Gasteiger partial charge in [0.2, 0.25) is 5.95 Å². The molecule has 26 heavy (non-hydrogen) atoms. The summed E-state index contributed by atoms with van der Waals surface area (Å²) in [4.78, 5) is 13.6. The molecule has 2 heterocycles. The van der Waals surface area contributed by atoms with Crippen LogP contribution in [0.5, 0.6) is 0 Å². The molecule has 4 aromatic rings. The Morgan fingerprint density at radius 1 is 0.808 bits per heavy atom. The average Bonchev–Trinajstić information content (AvgIpc) is 2.61. The molecule has 0 aliphatic rings. The first kappa shape index (κ1) is 16.0. The van der Waals surface area contributed by atoms with Gasteiger partial charge in [-0.2, -0.15) is 4.98 Å². The highest BCUT2D eigenvalue weighted by Gasteiger charge is 2.07. The number of nitrogens with one attached hydrogen (secondary N) is 2. The van der Waals surface area contributed by atoms with Crippen LogP contribution in [0.4, 0.5) is 23.1 Å². The van der Waals surface area contributed by atoms with Gasteiger partial charge in [-0.25, -0.2) is 4.98 Å². The Balaban J connectivity index is 1.66. The van der Waals surface area contributed by atoms with E-state index in [0.717, 1.165) is 33.8 Å². The number of rotatable bonds is 4. The highest BCUT2D eigenvalue weighted by Crippen LogP contribution is 2.24. The molecule has 5 nitrogen and oxygen atoms in total. The third-order valence-corrected chi connectivity index (χ3v) is 4.02. The Labute approximate surface area is 152 Å². The van der Waals surface area contributed by atoms with Crippen molar-refractivity contribution >= 4 is 34.0 Å². The van der Waals surface area contributed by atoms with E-state index < -0.39 is 0 Å². The summed E-state index contributed by atoms with van der Waals surface area (Å²) >= 11 is 0. The summed E-state index contributed by atoms with van der Waals surface area (Å²) in [6.07, 6.45) is 1.79. The average molecular weight is 341 g/mol. The molecule has 0 saturated carbocycles. The number of aryl methyl sites for hydroxylation is 2. The van der Waals surface area contributed by atoms with Crippen LogP contribution in [0.15, 0.2) is 66.9 Å². The molecule has 2 N–H and O–H groups in total. The topological polar surface area (TPSA) is 62.7 Å². The van der Waals surface area contributed by atoms with Crippen LogP contribution in [0.3, 0.4) is 0 Å². The van der Waals surface area contributed by atoms with Gasteiger partial charge in [-0.05, 0) is 43.7 Å². The van der Waals surface area contributed by atoms with Crippen LogP contribution in [-0.4, -0.2) is 15.0 Å². The molecule has 0 radical (unpaired) electrons. The second-order valence-corrected chi connectivity index (χ2v) is 6.22. The van der Waals surface area contributed by atoms with Crippen molar-refractivity contribution in [1.29, 1.82) is 0 Å². The van der Waals surface area contributed by atoms with Gasteiger partial charge < -0.3 is 10.6 Å². The Morgan fingerprint density at radius 2 is 1.65 bits per heavy atom. The Bertz CT molecular complexity index is 1070. The van der Waals surface area contributed by atoms with Crippen molar-refractivity contribution in [2.45, 2.75) is 13.8 Å². The quantitative estimate of drug-likeness (QED) is 0.539. The van der Waals surface area contributed by atoms with Crippen LogP contribution in [0.2, 0.25) is 0 Å². The molecular formula is C21H19N5. The van der Waals surface area contributed by atoms with E-state index in [1.807, 2.05) is 55.5 Å². The maximum Gasteiger partial charge on any atom is 0.229 e. The van der Waals surface area contributed by atoms with Gasteiger partial charge in [0, 0.05) is 29.0 Å². The van der Waals surface area contributed by atoms with E-state index in [-0.39, 0.29) is 0 Å². The van der Waals surface area contributed by atoms with Crippen LogP contribution in [-0.2, 0) is 0 Å². The van der Waals surface area contributed by atoms with Gasteiger partial charge in [-0.15, -0.1) is 0 Å². The highest BCUT2D eigenvalue weighted by molar-refractivity contribution is 5.91. The van der Waals surface area contributed by atoms with Gasteiger partial charge in [-0.3, -0.25) is 4.98 Å². The lowest BCUT2D eigenvalue weighted by Gasteiger charge is -2.11. The first-order valence-electron chi connectivity index (χ1n) is 8.47. The highest BCUT2D eigenvalue weighted by atomic mass is 15.1. The summed E-state index contributed by atoms with van der Waals surface area (Å²) in [5, 5.41) is 7.72. The number of fused-ring (bicyclic) bond motifs is 1. The number of anilines is 4. The zero-order valence-electron chi connectivity index (χ0n) is 14.7. The lowest BCUT2D eigenvalue weighted by molar-refractivity contribution is 1.11. The summed E-state index contributed by atoms with van der Waals surface area (Å²) in [6, 6.07) is 20.1. The van der Waals surface area contributed by atoms with E-state index in [4.69, 9.17) is 0 Å². The fraction of sp³-hybridized carbons (Fsp3) is 0.0952. The second kappa shape index (κ2) is 6.80. The third kappa shape index (κ3) is 3.47. The Hall–Kier alpha value is -3.47. The number of nitrogens with zero attached hydrogens (tertiary/aromatic N) is 3. The van der Waals surface area contributed by atoms with Crippen molar-refractivity contribution in [1.82, 2.24) is 15.0 Å². The lowest BCUT2D eigenvalue weighted by Crippen LogP contribution is -2.03. The molecular weight excluding hydrogens is 322 g/mol. The minimum Gasteiger partial charge on any atom is -0.340 e. The number of pyridine rings is 1. The molecule has 5 heteroatoms. The number of benzene rings is 2. The molecule has 0 aliphatic carbocycles. The Morgan fingerprint density at radius 3 is 2.54 bits per heavy atom. The van der Waals surface area contributed by atoms with Crippen molar-refractivity contribution in [2.75, 3.05) is 10.6 Å². The maximum absolute atomic E-state index is 4.60. The first-order chi connectivity index (χ1) is 12.7. The maximum atomic E-state index is 4.60. The molecule has 0 spiro atoms. The zero-order valence-corrected chi connectivity index (χ0v) is 14.7. The van der Waals surface area contributed by atoms with Crippen molar-refractivity contribution in [3.8, 4) is 0 Å². The fourth-order valence-electron chi connectivity index (χ4n) is 2.88. The van der Waals surface area contributed by atoms with Crippen molar-refractivity contribution < 1.29 is 0 Å². The van der Waals surface area contributed by atoms with Crippen LogP contribution >= 0.6 is 0 Å². The van der Waals surface area contributed by atoms with Gasteiger partial charge in [0.1, 0.15) is 5.82 Å². The summed E-state index contributed by atoms with van der Waals surface area (Å²) < 4.78 is 0. The third-order valence-electron chi connectivity index (χ3n) is 4.02. The predicted octanol–water partition coefficient (Wildman–Crippen LogP) is 5.13. The molecule has 0 atom stereocenters. The van der Waals surface area contributed by atoms with Crippen LogP contribution in [0.25, 0.3) is 10.9 Å². The van der Waals surface area contributed by atoms with E-state index in [9.17, 15) is 0 Å². The monoisotopic (exact) mass is 341 g/mol. The molecule has 128 valence electrons. The fourth-order valence-corrected chi connectivity index (χ4v) is 2.88. The molecule has 0 unspecified atom stereocenters. The predicted molar refractivity (Wildman–Crippen MR) is 106 cm³/mol. The number of hydrogen-bond acceptors (Lipinski definition) is 5. The lowest BCUT2D eigenvalue weighted by atomic mass is 10.2. The smallest absolute Gasteiger partial charge is 0.229 e. The molecule has 0 saturated heterocycles. The largest absolute Gasteiger partial charge is 0.340 e. The molecule has 2 aromatic heterocycles. The number of aromatic nitrogens is 3. The van der Waals surface area contributed by atoms with Crippen LogP contribution < -0.4 is 10.6 Å². The normalized spacial score (nSPS) is 10.7. The van der Waals surface area contributed by atoms with Crippen molar-refractivity contribution in [2.24, 2.45) is 0 Å². The standard InChI is InChI=1S/C21H19N5/c1-14-6-3-9-17(12-14)24-19-13-15(2)23-21(26-19)25-18-10-4-7-16-8-5-11-22-20(16)18/h3-13H,1-2H3,(H2,23,24,25,26). The van der Waals surface area contributed by atoms with Gasteiger partial charge >= 0.3 is 0 Å². The van der Waals surface area contributed by atoms with Gasteiger partial charge in [0.25, 0.3) is 0 Å². The van der Waals surface area contributed by atoms with E-state index in [1.54, 1.807) is 6.20 Å². The van der Waals surface area contributed by atoms with Crippen LogP contribution in [0, 0.1) is 13.8 Å². The minimum absolute atomic E-state index is 0.540. The van der Waals surface area contributed by atoms with E-state index in [0.29, 0.717) is 5.95 Å². The first-order valence-corrected chi connectivity index (χ1v) is 8.47. The SMILES string of the molecule is Cc1cccc(Nc2cc(C)nc(Nc3cccc4cccnc34)n2)c1. The number of hydrogen-bond donors (Lipinski definition) is 2. The molecule has 0 bridgehead atoms. The van der Waals surface area contributed by atoms with E-state index >= 15 is 0 Å². The molecule has 0 amide bonds. The molecule has 2 aromatic carbocycles. The van der Waals surface area contributed by atoms with Gasteiger partial charge in [0.05, 0.1) is 11.2 Å². The van der Waals surface area contributed by atoms with Crippen molar-refractivity contribution in [3.63, 3.8) is 0 Å². The van der Waals surface area contributed by atoms with Gasteiger partial charge in [-0.1, -0.05) is 30.3 Å². The molecule has 4 rings (SSSR count).